The number of fused-ring (bicyclic) bond motifs is 1. The highest BCUT2D eigenvalue weighted by Crippen LogP contribution is 2.35. The number of hydrogen-bond acceptors (Lipinski definition) is 6. The molecule has 1 atom stereocenters. The van der Waals surface area contributed by atoms with Crippen molar-refractivity contribution in [2.24, 2.45) is 5.73 Å². The second kappa shape index (κ2) is 9.27. The van der Waals surface area contributed by atoms with Gasteiger partial charge in [0, 0.05) is 35.6 Å². The first-order valence-electron chi connectivity index (χ1n) is 10.8. The summed E-state index contributed by atoms with van der Waals surface area (Å²) in [5.74, 6) is 0.0192. The molecule has 0 saturated carbocycles. The predicted octanol–water partition coefficient (Wildman–Crippen LogP) is 4.51. The van der Waals surface area contributed by atoms with Gasteiger partial charge in [-0.1, -0.05) is 35.3 Å². The van der Waals surface area contributed by atoms with Crippen LogP contribution in [0.5, 0.6) is 0 Å². The number of nitrogens with zero attached hydrogens (tertiary/aromatic N) is 4. The molecule has 8 nitrogen and oxygen atoms in total. The van der Waals surface area contributed by atoms with Crippen LogP contribution < -0.4 is 10.6 Å². The summed E-state index contributed by atoms with van der Waals surface area (Å²) in [6.07, 6.45) is 0.885. The van der Waals surface area contributed by atoms with Crippen LogP contribution in [0.1, 0.15) is 20.8 Å². The largest absolute Gasteiger partial charge is 0.444 e. The maximum absolute atomic E-state index is 12.7. The highest BCUT2D eigenvalue weighted by atomic mass is 35.5. The topological polar surface area (TPSA) is 102 Å². The van der Waals surface area contributed by atoms with Crippen LogP contribution >= 0.6 is 23.2 Å². The third kappa shape index (κ3) is 5.03. The molecule has 4 rings (SSSR count). The first-order chi connectivity index (χ1) is 16.0. The minimum atomic E-state index is -0.864. The summed E-state index contributed by atoms with van der Waals surface area (Å²) in [4.78, 5) is 37.1. The first kappa shape index (κ1) is 24.0. The smallest absolute Gasteiger partial charge is 0.411 e. The fourth-order valence-corrected chi connectivity index (χ4v) is 4.32. The Kier molecular flexibility index (Phi) is 6.55. The molecule has 0 bridgehead atoms. The maximum atomic E-state index is 12.7. The highest BCUT2D eigenvalue weighted by Gasteiger charge is 2.37. The number of aromatic nitrogens is 2. The van der Waals surface area contributed by atoms with Gasteiger partial charge in [0.05, 0.1) is 10.5 Å². The molecule has 2 heterocycles. The van der Waals surface area contributed by atoms with Crippen molar-refractivity contribution < 1.29 is 14.3 Å². The molecule has 2 N–H and O–H groups in total. The SMILES string of the molecule is CC(C)(C)OC(=O)N1CCN(c2ncnc3cc(Cl)c(-c4ccc(Cl)cc4)cc23)CC1C(N)=O. The third-order valence-electron chi connectivity index (χ3n) is 5.49. The van der Waals surface area contributed by atoms with Crippen molar-refractivity contribution >= 4 is 51.9 Å². The summed E-state index contributed by atoms with van der Waals surface area (Å²) >= 11 is 12.6. The van der Waals surface area contributed by atoms with Crippen molar-refractivity contribution in [1.82, 2.24) is 14.9 Å². The number of hydrogen-bond donors (Lipinski definition) is 1. The minimum Gasteiger partial charge on any atom is -0.444 e. The number of amides is 2. The number of carbonyl (C=O) groups is 2. The van der Waals surface area contributed by atoms with Crippen molar-refractivity contribution in [3.63, 3.8) is 0 Å². The molecule has 2 amide bonds. The fourth-order valence-electron chi connectivity index (χ4n) is 3.92. The number of primary amides is 1. The van der Waals surface area contributed by atoms with E-state index in [-0.39, 0.29) is 13.1 Å². The molecule has 0 aliphatic carbocycles. The van der Waals surface area contributed by atoms with E-state index in [9.17, 15) is 9.59 Å². The molecule has 1 unspecified atom stereocenters. The second-order valence-electron chi connectivity index (χ2n) is 9.09. The van der Waals surface area contributed by atoms with Crippen LogP contribution in [0, 0.1) is 0 Å². The fraction of sp³-hybridized carbons (Fsp3) is 0.333. The number of carbonyl (C=O) groups excluding carboxylic acids is 2. The van der Waals surface area contributed by atoms with E-state index in [1.165, 1.54) is 11.2 Å². The Balaban J connectivity index is 1.69. The lowest BCUT2D eigenvalue weighted by atomic mass is 10.0. The minimum absolute atomic E-state index is 0.180. The van der Waals surface area contributed by atoms with E-state index in [1.807, 2.05) is 23.1 Å². The first-order valence-corrected chi connectivity index (χ1v) is 11.5. The quantitative estimate of drug-likeness (QED) is 0.566. The number of rotatable bonds is 3. The van der Waals surface area contributed by atoms with Gasteiger partial charge in [-0.15, -0.1) is 0 Å². The van der Waals surface area contributed by atoms with Crippen LogP contribution in [-0.4, -0.2) is 58.1 Å². The average Bonchev–Trinajstić information content (AvgIpc) is 2.77. The van der Waals surface area contributed by atoms with E-state index in [4.69, 9.17) is 33.7 Å². The lowest BCUT2D eigenvalue weighted by Crippen LogP contribution is -2.60. The van der Waals surface area contributed by atoms with E-state index in [1.54, 1.807) is 39.0 Å². The van der Waals surface area contributed by atoms with Gasteiger partial charge in [-0.3, -0.25) is 9.69 Å². The van der Waals surface area contributed by atoms with E-state index in [0.29, 0.717) is 27.9 Å². The van der Waals surface area contributed by atoms with E-state index >= 15 is 0 Å². The molecule has 3 aromatic rings. The lowest BCUT2D eigenvalue weighted by Gasteiger charge is -2.40. The third-order valence-corrected chi connectivity index (χ3v) is 6.06. The Morgan fingerprint density at radius 3 is 2.44 bits per heavy atom. The molecular formula is C24H25Cl2N5O3. The molecule has 2 aromatic carbocycles. The number of ether oxygens (including phenoxy) is 1. The maximum Gasteiger partial charge on any atom is 0.411 e. The number of piperazine rings is 1. The van der Waals surface area contributed by atoms with Crippen molar-refractivity contribution in [1.29, 1.82) is 0 Å². The normalized spacial score (nSPS) is 16.6. The van der Waals surface area contributed by atoms with Gasteiger partial charge >= 0.3 is 6.09 Å². The van der Waals surface area contributed by atoms with Crippen molar-refractivity contribution in [2.45, 2.75) is 32.4 Å². The van der Waals surface area contributed by atoms with Crippen LogP contribution in [-0.2, 0) is 9.53 Å². The zero-order chi connectivity index (χ0) is 24.6. The molecule has 0 radical (unpaired) electrons. The molecule has 1 aliphatic rings. The van der Waals surface area contributed by atoms with Gasteiger partial charge in [-0.2, -0.15) is 0 Å². The average molecular weight is 502 g/mol. The van der Waals surface area contributed by atoms with Gasteiger partial charge in [-0.25, -0.2) is 14.8 Å². The van der Waals surface area contributed by atoms with Crippen LogP contribution in [0.25, 0.3) is 22.0 Å². The summed E-state index contributed by atoms with van der Waals surface area (Å²) in [5.41, 5.74) is 7.35. The highest BCUT2D eigenvalue weighted by molar-refractivity contribution is 6.34. The van der Waals surface area contributed by atoms with E-state index in [0.717, 1.165) is 16.5 Å². The van der Waals surface area contributed by atoms with E-state index in [2.05, 4.69) is 9.97 Å². The molecule has 178 valence electrons. The van der Waals surface area contributed by atoms with Crippen LogP contribution in [0.2, 0.25) is 10.0 Å². The van der Waals surface area contributed by atoms with E-state index < -0.39 is 23.6 Å². The van der Waals surface area contributed by atoms with Crippen LogP contribution in [0.4, 0.5) is 10.6 Å². The Hall–Kier alpha value is -3.10. The summed E-state index contributed by atoms with van der Waals surface area (Å²) in [6, 6.07) is 10.2. The Morgan fingerprint density at radius 1 is 1.09 bits per heavy atom. The zero-order valence-corrected chi connectivity index (χ0v) is 20.6. The number of halogens is 2. The molecule has 1 fully saturated rings. The Labute approximate surface area is 207 Å². The number of nitrogens with two attached hydrogens (primary N) is 1. The molecule has 1 aromatic heterocycles. The molecule has 34 heavy (non-hydrogen) atoms. The summed E-state index contributed by atoms with van der Waals surface area (Å²) in [5, 5.41) is 1.94. The number of benzene rings is 2. The lowest BCUT2D eigenvalue weighted by molar-refractivity contribution is -0.123. The molecule has 1 aliphatic heterocycles. The van der Waals surface area contributed by atoms with Gasteiger partial charge < -0.3 is 15.4 Å². The molecular weight excluding hydrogens is 477 g/mol. The molecule has 1 saturated heterocycles. The van der Waals surface area contributed by atoms with Gasteiger partial charge in [0.1, 0.15) is 23.8 Å². The molecule has 0 spiro atoms. The monoisotopic (exact) mass is 501 g/mol. The second-order valence-corrected chi connectivity index (χ2v) is 9.93. The van der Waals surface area contributed by atoms with Gasteiger partial charge in [0.2, 0.25) is 5.91 Å². The molecule has 10 heteroatoms. The van der Waals surface area contributed by atoms with Crippen LogP contribution in [0.3, 0.4) is 0 Å². The summed E-state index contributed by atoms with van der Waals surface area (Å²) in [6.45, 7) is 6.20. The van der Waals surface area contributed by atoms with Crippen molar-refractivity contribution in [2.75, 3.05) is 24.5 Å². The summed E-state index contributed by atoms with van der Waals surface area (Å²) in [7, 11) is 0. The standard InChI is InChI=1S/C24H25Cl2N5O3/c1-24(2,3)34-23(33)31-9-8-30(12-20(31)21(27)32)22-17-10-16(14-4-6-15(25)7-5-14)18(26)11-19(17)28-13-29-22/h4-7,10-11,13,20H,8-9,12H2,1-3H3,(H2,27,32). The Bertz CT molecular complexity index is 1240. The van der Waals surface area contributed by atoms with Crippen LogP contribution in [0.15, 0.2) is 42.7 Å². The van der Waals surface area contributed by atoms with Crippen molar-refractivity contribution in [3.8, 4) is 11.1 Å². The van der Waals surface area contributed by atoms with Gasteiger partial charge in [0.15, 0.2) is 0 Å². The summed E-state index contributed by atoms with van der Waals surface area (Å²) < 4.78 is 5.47. The van der Waals surface area contributed by atoms with Gasteiger partial charge in [0.25, 0.3) is 0 Å². The zero-order valence-electron chi connectivity index (χ0n) is 19.1. The number of anilines is 1. The Morgan fingerprint density at radius 2 is 1.79 bits per heavy atom. The predicted molar refractivity (Wildman–Crippen MR) is 133 cm³/mol. The van der Waals surface area contributed by atoms with Crippen molar-refractivity contribution in [3.05, 3.63) is 52.8 Å². The van der Waals surface area contributed by atoms with Gasteiger partial charge in [-0.05, 0) is 50.6 Å².